The third-order valence-corrected chi connectivity index (χ3v) is 7.12. The van der Waals surface area contributed by atoms with Crippen molar-refractivity contribution < 1.29 is 0 Å². The molecule has 4 heteroatoms. The summed E-state index contributed by atoms with van der Waals surface area (Å²) in [6.45, 7) is 26.4. The Bertz CT molecular complexity index is 1240. The van der Waals surface area contributed by atoms with Gasteiger partial charge in [0.1, 0.15) is 32.3 Å². The maximum Gasteiger partial charge on any atom is 0.129 e. The van der Waals surface area contributed by atoms with Crippen LogP contribution in [-0.2, 0) is 0 Å². The van der Waals surface area contributed by atoms with Gasteiger partial charge in [-0.05, 0) is 47.4 Å². The molecule has 1 aliphatic rings. The van der Waals surface area contributed by atoms with E-state index in [4.69, 9.17) is 0 Å². The van der Waals surface area contributed by atoms with E-state index in [9.17, 15) is 0 Å². The number of allylic oxidation sites excluding steroid dienone is 4. The van der Waals surface area contributed by atoms with Crippen LogP contribution >= 0.6 is 0 Å². The second-order valence-electron chi connectivity index (χ2n) is 12.5. The molecule has 0 aromatic heterocycles. The van der Waals surface area contributed by atoms with Gasteiger partial charge in [0.2, 0.25) is 0 Å². The zero-order chi connectivity index (χ0) is 27.6. The quantitative estimate of drug-likeness (QED) is 0.260. The maximum atomic E-state index is 3.39. The van der Waals surface area contributed by atoms with Gasteiger partial charge in [-0.2, -0.15) is 0 Å². The minimum Gasteiger partial charge on any atom is -0.126 e. The van der Waals surface area contributed by atoms with Gasteiger partial charge in [-0.25, -0.2) is 0 Å². The van der Waals surface area contributed by atoms with Gasteiger partial charge in [0.25, 0.3) is 0 Å². The zero-order valence-corrected chi connectivity index (χ0v) is 28.0. The SMILES string of the molecule is C[Si](C)(C)C#C/C1=C(\C#C[Si](C)(C)C)C#CC#C/C(C#C[Si](C)(C)C)=C(/C#C[Si](C)(C)C)C#CC#C1. The highest BCUT2D eigenvalue weighted by molar-refractivity contribution is 6.85. The Balaban J connectivity index is 3.98. The summed E-state index contributed by atoms with van der Waals surface area (Å²) < 4.78 is 0. The molecule has 0 heterocycles. The van der Waals surface area contributed by atoms with Crippen molar-refractivity contribution in [1.82, 2.24) is 0 Å². The minimum absolute atomic E-state index is 0.616. The van der Waals surface area contributed by atoms with E-state index in [1.807, 2.05) is 0 Å². The largest absolute Gasteiger partial charge is 0.129 e. The summed E-state index contributed by atoms with van der Waals surface area (Å²) in [5.41, 5.74) is 16.0. The van der Waals surface area contributed by atoms with Gasteiger partial charge in [0.05, 0.1) is 22.3 Å². The molecule has 0 fully saturated rings. The smallest absolute Gasteiger partial charge is 0.126 e. The van der Waals surface area contributed by atoms with E-state index in [1.165, 1.54) is 0 Å². The maximum absolute atomic E-state index is 3.39. The number of hydrogen-bond acceptors (Lipinski definition) is 0. The summed E-state index contributed by atoms with van der Waals surface area (Å²) in [5, 5.41) is 0. The lowest BCUT2D eigenvalue weighted by Crippen LogP contribution is -2.17. The van der Waals surface area contributed by atoms with Crippen LogP contribution < -0.4 is 0 Å². The first-order valence-corrected chi connectivity index (χ1v) is 26.0. The molecule has 0 aromatic rings. The Labute approximate surface area is 225 Å². The van der Waals surface area contributed by atoms with Crippen molar-refractivity contribution in [3.8, 4) is 93.2 Å². The van der Waals surface area contributed by atoms with Gasteiger partial charge in [-0.1, -0.05) is 102 Å². The normalized spacial score (nSPS) is 17.0. The monoisotopic (exact) mass is 532 g/mol. The van der Waals surface area contributed by atoms with Gasteiger partial charge >= 0.3 is 0 Å². The lowest BCUT2D eigenvalue weighted by Gasteiger charge is -2.04. The molecule has 0 bridgehead atoms. The molecule has 0 saturated heterocycles. The Hall–Kier alpha value is -3.17. The molecule has 0 unspecified atom stereocenters. The van der Waals surface area contributed by atoms with Crippen molar-refractivity contribution in [2.24, 2.45) is 0 Å². The number of rotatable bonds is 0. The van der Waals surface area contributed by atoms with E-state index in [1.54, 1.807) is 0 Å². The molecule has 0 saturated carbocycles. The van der Waals surface area contributed by atoms with E-state index < -0.39 is 32.3 Å². The molecular formula is C32H36Si4. The highest BCUT2D eigenvalue weighted by atomic mass is 28.3. The van der Waals surface area contributed by atoms with Crippen molar-refractivity contribution in [3.05, 3.63) is 22.3 Å². The predicted octanol–water partition coefficient (Wildman–Crippen LogP) is 6.13. The molecule has 0 spiro atoms. The first-order chi connectivity index (χ1) is 16.3. The van der Waals surface area contributed by atoms with Crippen LogP contribution in [0.25, 0.3) is 0 Å². The minimum atomic E-state index is -1.62. The summed E-state index contributed by atoms with van der Waals surface area (Å²) in [5.74, 6) is 37.5. The van der Waals surface area contributed by atoms with E-state index in [-0.39, 0.29) is 0 Å². The summed E-state index contributed by atoms with van der Waals surface area (Å²) in [6.07, 6.45) is 0. The van der Waals surface area contributed by atoms with Crippen LogP contribution in [0.15, 0.2) is 22.3 Å². The highest BCUT2D eigenvalue weighted by Crippen LogP contribution is 2.08. The van der Waals surface area contributed by atoms with E-state index in [0.717, 1.165) is 0 Å². The van der Waals surface area contributed by atoms with Gasteiger partial charge in [-0.3, -0.25) is 0 Å². The topological polar surface area (TPSA) is 0 Å². The van der Waals surface area contributed by atoms with Gasteiger partial charge < -0.3 is 0 Å². The number of hydrogen-bond donors (Lipinski definition) is 0. The van der Waals surface area contributed by atoms with Gasteiger partial charge in [0, 0.05) is 0 Å². The van der Waals surface area contributed by atoms with Gasteiger partial charge in [0.15, 0.2) is 0 Å². The molecule has 1 rings (SSSR count). The van der Waals surface area contributed by atoms with Crippen LogP contribution in [0.1, 0.15) is 0 Å². The van der Waals surface area contributed by atoms with Crippen LogP contribution in [0, 0.1) is 93.2 Å². The van der Waals surface area contributed by atoms with Crippen molar-refractivity contribution in [3.63, 3.8) is 0 Å². The van der Waals surface area contributed by atoms with Crippen molar-refractivity contribution >= 4 is 32.3 Å². The fraction of sp³-hybridized carbons (Fsp3) is 0.375. The highest BCUT2D eigenvalue weighted by Gasteiger charge is 2.11. The molecule has 0 N–H and O–H groups in total. The van der Waals surface area contributed by atoms with E-state index >= 15 is 0 Å². The Morgan fingerprint density at radius 2 is 0.500 bits per heavy atom. The summed E-state index contributed by atoms with van der Waals surface area (Å²) in [7, 11) is -6.49. The molecule has 0 amide bonds. The van der Waals surface area contributed by atoms with Crippen LogP contribution in [0.3, 0.4) is 0 Å². The lowest BCUT2D eigenvalue weighted by molar-refractivity contribution is 1.73. The van der Waals surface area contributed by atoms with Crippen LogP contribution in [0.4, 0.5) is 0 Å². The Morgan fingerprint density at radius 1 is 0.333 bits per heavy atom. The van der Waals surface area contributed by atoms with Crippen LogP contribution in [0.2, 0.25) is 78.6 Å². The Kier molecular flexibility index (Phi) is 10.9. The predicted molar refractivity (Wildman–Crippen MR) is 170 cm³/mol. The molecule has 0 atom stereocenters. The molecular weight excluding hydrogens is 497 g/mol. The average Bonchev–Trinajstić information content (AvgIpc) is 2.68. The zero-order valence-electron chi connectivity index (χ0n) is 24.0. The summed E-state index contributed by atoms with van der Waals surface area (Å²) in [4.78, 5) is 0. The third kappa shape index (κ3) is 15.0. The molecule has 0 nitrogen and oxygen atoms in total. The van der Waals surface area contributed by atoms with Crippen molar-refractivity contribution in [2.75, 3.05) is 0 Å². The molecule has 0 aliphatic heterocycles. The van der Waals surface area contributed by atoms with Crippen LogP contribution in [0.5, 0.6) is 0 Å². The molecule has 0 radical (unpaired) electrons. The fourth-order valence-electron chi connectivity index (χ4n) is 2.00. The summed E-state index contributed by atoms with van der Waals surface area (Å²) >= 11 is 0. The third-order valence-electron chi connectivity index (χ3n) is 3.62. The fourth-order valence-corrected chi connectivity index (χ4v) is 4.00. The lowest BCUT2D eigenvalue weighted by atomic mass is 10.1. The van der Waals surface area contributed by atoms with Crippen LogP contribution in [-0.4, -0.2) is 32.3 Å². The summed E-state index contributed by atoms with van der Waals surface area (Å²) in [6, 6.07) is 0. The van der Waals surface area contributed by atoms with Crippen molar-refractivity contribution in [2.45, 2.75) is 78.6 Å². The molecule has 1 aliphatic carbocycles. The van der Waals surface area contributed by atoms with Gasteiger partial charge in [-0.15, -0.1) is 22.2 Å². The Morgan fingerprint density at radius 3 is 0.639 bits per heavy atom. The molecule has 0 aromatic carbocycles. The average molecular weight is 533 g/mol. The molecule has 36 heavy (non-hydrogen) atoms. The van der Waals surface area contributed by atoms with Crippen molar-refractivity contribution in [1.29, 1.82) is 0 Å². The second-order valence-corrected chi connectivity index (χ2v) is 31.5. The second kappa shape index (κ2) is 12.7. The first kappa shape index (κ1) is 30.9. The standard InChI is InChI=1S/C32H36Si4/c1-33(2,3)25-21-29-17-13-14-19-31(23-27-35(7,8)9)32(24-28-36(10,11)12)20-16-15-18-30(29)22-26-34(4,5)6/h1-12H3/b30-29-,32-31-. The molecule has 180 valence electrons. The van der Waals surface area contributed by atoms with E-state index in [2.05, 4.69) is 172 Å². The first-order valence-electron chi connectivity index (χ1n) is 12.0. The van der Waals surface area contributed by atoms with E-state index in [0.29, 0.717) is 22.3 Å².